The number of nitrogens with zero attached hydrogens (tertiary/aromatic N) is 1. The molecule has 2 heteroatoms. The molecule has 0 spiro atoms. The number of hydrogen-bond acceptors (Lipinski definition) is 2. The molecular weight excluding hydrogens is 232 g/mol. The topological polar surface area (TPSA) is 35.8 Å². The Morgan fingerprint density at radius 3 is 2.26 bits per heavy atom. The third kappa shape index (κ3) is 3.14. The molecule has 0 heterocycles. The third-order valence-electron chi connectivity index (χ3n) is 3.24. The number of benzene rings is 2. The van der Waals surface area contributed by atoms with Gasteiger partial charge in [-0.1, -0.05) is 35.9 Å². The second-order valence-electron chi connectivity index (χ2n) is 4.94. The van der Waals surface area contributed by atoms with E-state index in [2.05, 4.69) is 49.5 Å². The minimum Gasteiger partial charge on any atom is -0.377 e. The third-order valence-corrected chi connectivity index (χ3v) is 3.24. The van der Waals surface area contributed by atoms with Gasteiger partial charge in [-0.3, -0.25) is 0 Å². The van der Waals surface area contributed by atoms with Crippen molar-refractivity contribution in [2.75, 3.05) is 5.32 Å². The number of nitrogens with one attached hydrogen (secondary N) is 1. The van der Waals surface area contributed by atoms with E-state index in [0.29, 0.717) is 5.56 Å². The average molecular weight is 250 g/mol. The van der Waals surface area contributed by atoms with Crippen LogP contribution in [-0.4, -0.2) is 0 Å². The van der Waals surface area contributed by atoms with Crippen LogP contribution in [0.5, 0.6) is 0 Å². The van der Waals surface area contributed by atoms with Crippen molar-refractivity contribution in [3.05, 3.63) is 64.7 Å². The molecule has 0 saturated heterocycles. The standard InChI is InChI=1S/C17H18N2/c1-12-4-7-15(8-5-12)14(3)19-17-9-6-13(2)10-16(17)11-18/h4-10,14,19H,1-3H3. The van der Waals surface area contributed by atoms with E-state index < -0.39 is 0 Å². The van der Waals surface area contributed by atoms with Crippen LogP contribution in [0.15, 0.2) is 42.5 Å². The second kappa shape index (κ2) is 5.58. The molecule has 0 saturated carbocycles. The van der Waals surface area contributed by atoms with Crippen molar-refractivity contribution in [2.24, 2.45) is 0 Å². The highest BCUT2D eigenvalue weighted by Gasteiger charge is 2.08. The number of nitriles is 1. The molecule has 0 bridgehead atoms. The Balaban J connectivity index is 2.21. The highest BCUT2D eigenvalue weighted by Crippen LogP contribution is 2.23. The van der Waals surface area contributed by atoms with Crippen LogP contribution >= 0.6 is 0 Å². The molecule has 0 radical (unpaired) electrons. The van der Waals surface area contributed by atoms with Crippen LogP contribution in [-0.2, 0) is 0 Å². The van der Waals surface area contributed by atoms with Crippen LogP contribution in [0.2, 0.25) is 0 Å². The summed E-state index contributed by atoms with van der Waals surface area (Å²) < 4.78 is 0. The SMILES string of the molecule is Cc1ccc(C(C)Nc2ccc(C)cc2C#N)cc1. The first-order chi connectivity index (χ1) is 9.10. The summed E-state index contributed by atoms with van der Waals surface area (Å²) in [7, 11) is 0. The maximum atomic E-state index is 9.17. The summed E-state index contributed by atoms with van der Waals surface area (Å²) in [4.78, 5) is 0. The molecule has 0 aromatic heterocycles. The molecule has 0 amide bonds. The predicted octanol–water partition coefficient (Wildman–Crippen LogP) is 4.35. The molecule has 19 heavy (non-hydrogen) atoms. The van der Waals surface area contributed by atoms with Gasteiger partial charge in [-0.2, -0.15) is 5.26 Å². The van der Waals surface area contributed by atoms with Crippen LogP contribution in [0.3, 0.4) is 0 Å². The molecule has 2 rings (SSSR count). The van der Waals surface area contributed by atoms with Crippen LogP contribution in [0, 0.1) is 25.2 Å². The van der Waals surface area contributed by atoms with Crippen molar-refractivity contribution in [1.29, 1.82) is 5.26 Å². The normalized spacial score (nSPS) is 11.7. The molecule has 0 aliphatic carbocycles. The number of hydrogen-bond donors (Lipinski definition) is 1. The van der Waals surface area contributed by atoms with E-state index in [1.165, 1.54) is 11.1 Å². The molecule has 1 unspecified atom stereocenters. The monoisotopic (exact) mass is 250 g/mol. The average Bonchev–Trinajstić information content (AvgIpc) is 2.41. The van der Waals surface area contributed by atoms with Gasteiger partial charge in [0.15, 0.2) is 0 Å². The Morgan fingerprint density at radius 1 is 1.00 bits per heavy atom. The zero-order valence-corrected chi connectivity index (χ0v) is 11.6. The van der Waals surface area contributed by atoms with Crippen LogP contribution in [0.1, 0.15) is 35.2 Å². The molecule has 0 fully saturated rings. The van der Waals surface area contributed by atoms with Gasteiger partial charge in [0.2, 0.25) is 0 Å². The highest BCUT2D eigenvalue weighted by atomic mass is 14.9. The Morgan fingerprint density at radius 2 is 1.63 bits per heavy atom. The van der Waals surface area contributed by atoms with Crippen molar-refractivity contribution in [2.45, 2.75) is 26.8 Å². The summed E-state index contributed by atoms with van der Waals surface area (Å²) in [5.41, 5.74) is 5.16. The molecule has 96 valence electrons. The van der Waals surface area contributed by atoms with Gasteiger partial charge in [0, 0.05) is 6.04 Å². The molecule has 2 nitrogen and oxygen atoms in total. The quantitative estimate of drug-likeness (QED) is 0.879. The Kier molecular flexibility index (Phi) is 3.87. The van der Waals surface area contributed by atoms with Gasteiger partial charge in [-0.15, -0.1) is 0 Å². The van der Waals surface area contributed by atoms with E-state index in [1.54, 1.807) is 0 Å². The van der Waals surface area contributed by atoms with Crippen molar-refractivity contribution in [1.82, 2.24) is 0 Å². The smallest absolute Gasteiger partial charge is 0.101 e. The van der Waals surface area contributed by atoms with Gasteiger partial charge in [0.1, 0.15) is 6.07 Å². The first-order valence-electron chi connectivity index (χ1n) is 6.44. The summed E-state index contributed by atoms with van der Waals surface area (Å²) in [5, 5.41) is 12.6. The molecule has 2 aromatic carbocycles. The molecule has 1 N–H and O–H groups in total. The Labute approximate surface area is 114 Å². The highest BCUT2D eigenvalue weighted by molar-refractivity contribution is 5.59. The van der Waals surface area contributed by atoms with Gasteiger partial charge in [-0.05, 0) is 44.0 Å². The first kappa shape index (κ1) is 13.2. The van der Waals surface area contributed by atoms with E-state index in [9.17, 15) is 5.26 Å². The van der Waals surface area contributed by atoms with Gasteiger partial charge < -0.3 is 5.32 Å². The molecule has 0 aliphatic heterocycles. The predicted molar refractivity (Wildman–Crippen MR) is 79.1 cm³/mol. The zero-order valence-electron chi connectivity index (χ0n) is 11.6. The summed E-state index contributed by atoms with van der Waals surface area (Å²) in [6, 6.07) is 16.8. The lowest BCUT2D eigenvalue weighted by molar-refractivity contribution is 0.883. The number of aryl methyl sites for hydroxylation is 2. The van der Waals surface area contributed by atoms with E-state index in [-0.39, 0.29) is 6.04 Å². The fourth-order valence-electron chi connectivity index (χ4n) is 2.05. The van der Waals surface area contributed by atoms with Gasteiger partial charge in [-0.25, -0.2) is 0 Å². The minimum absolute atomic E-state index is 0.176. The zero-order chi connectivity index (χ0) is 13.8. The van der Waals surface area contributed by atoms with Gasteiger partial charge in [0.25, 0.3) is 0 Å². The fraction of sp³-hybridized carbons (Fsp3) is 0.235. The van der Waals surface area contributed by atoms with E-state index in [0.717, 1.165) is 11.3 Å². The number of anilines is 1. The number of rotatable bonds is 3. The molecular formula is C17H18N2. The van der Waals surface area contributed by atoms with E-state index in [4.69, 9.17) is 0 Å². The molecule has 2 aromatic rings. The summed E-state index contributed by atoms with van der Waals surface area (Å²) in [6.45, 7) is 6.18. The summed E-state index contributed by atoms with van der Waals surface area (Å²) >= 11 is 0. The van der Waals surface area contributed by atoms with Crippen molar-refractivity contribution in [3.8, 4) is 6.07 Å². The summed E-state index contributed by atoms with van der Waals surface area (Å²) in [6.07, 6.45) is 0. The second-order valence-corrected chi connectivity index (χ2v) is 4.94. The minimum atomic E-state index is 0.176. The maximum Gasteiger partial charge on any atom is 0.101 e. The lowest BCUT2D eigenvalue weighted by Crippen LogP contribution is -2.07. The lowest BCUT2D eigenvalue weighted by Gasteiger charge is -2.17. The largest absolute Gasteiger partial charge is 0.377 e. The summed E-state index contributed by atoms with van der Waals surface area (Å²) in [5.74, 6) is 0. The van der Waals surface area contributed by atoms with Crippen LogP contribution in [0.4, 0.5) is 5.69 Å². The van der Waals surface area contributed by atoms with Crippen LogP contribution in [0.25, 0.3) is 0 Å². The van der Waals surface area contributed by atoms with Crippen molar-refractivity contribution in [3.63, 3.8) is 0 Å². The fourth-order valence-corrected chi connectivity index (χ4v) is 2.05. The van der Waals surface area contributed by atoms with Crippen molar-refractivity contribution < 1.29 is 0 Å². The van der Waals surface area contributed by atoms with Crippen molar-refractivity contribution >= 4 is 5.69 Å². The molecule has 1 atom stereocenters. The molecule has 0 aliphatic rings. The van der Waals surface area contributed by atoms with Gasteiger partial charge in [0.05, 0.1) is 11.3 Å². The Hall–Kier alpha value is -2.27. The first-order valence-corrected chi connectivity index (χ1v) is 6.44. The van der Waals surface area contributed by atoms with Gasteiger partial charge >= 0.3 is 0 Å². The maximum absolute atomic E-state index is 9.17. The lowest BCUT2D eigenvalue weighted by atomic mass is 10.0. The van der Waals surface area contributed by atoms with Crippen LogP contribution < -0.4 is 5.32 Å². The van der Waals surface area contributed by atoms with E-state index >= 15 is 0 Å². The van der Waals surface area contributed by atoms with E-state index in [1.807, 2.05) is 25.1 Å². The Bertz CT molecular complexity index is 606.